The molecule has 3 rings (SSSR count). The molecule has 0 atom stereocenters. The van der Waals surface area contributed by atoms with Gasteiger partial charge in [0.2, 0.25) is 9.47 Å². The number of nitrogens with zero attached hydrogens (tertiary/aromatic N) is 3. The molecule has 0 radical (unpaired) electrons. The minimum Gasteiger partial charge on any atom is -0.319 e. The Labute approximate surface area is 177 Å². The van der Waals surface area contributed by atoms with Gasteiger partial charge in [0.25, 0.3) is 10.0 Å². The number of urea groups is 1. The van der Waals surface area contributed by atoms with Gasteiger partial charge in [-0.2, -0.15) is 0 Å². The van der Waals surface area contributed by atoms with Crippen LogP contribution in [0.15, 0.2) is 4.34 Å². The molecule has 0 unspecified atom stereocenters. The van der Waals surface area contributed by atoms with Crippen LogP contribution in [0.25, 0.3) is 0 Å². The summed E-state index contributed by atoms with van der Waals surface area (Å²) in [6.45, 7) is 5.76. The number of rotatable bonds is 6. The summed E-state index contributed by atoms with van der Waals surface area (Å²) >= 11 is 0.890. The summed E-state index contributed by atoms with van der Waals surface area (Å²) in [5.41, 5.74) is 0. The molecule has 0 aromatic carbocycles. The van der Waals surface area contributed by atoms with Crippen LogP contribution in [0, 0.1) is 5.92 Å². The predicted molar refractivity (Wildman–Crippen MR) is 115 cm³/mol. The molecule has 1 heterocycles. The minimum absolute atomic E-state index is 0.128. The highest BCUT2D eigenvalue weighted by atomic mass is 32.2. The number of carbonyl (C=O) groups is 1. The molecule has 2 aliphatic carbocycles. The fraction of sp³-hybridized carbons (Fsp3) is 0.842. The van der Waals surface area contributed by atoms with Crippen LogP contribution in [0.4, 0.5) is 9.93 Å². The van der Waals surface area contributed by atoms with Crippen LogP contribution in [0.2, 0.25) is 0 Å². The van der Waals surface area contributed by atoms with E-state index in [1.54, 1.807) is 13.8 Å². The van der Waals surface area contributed by atoms with E-state index in [0.29, 0.717) is 5.92 Å². The van der Waals surface area contributed by atoms with Gasteiger partial charge in [-0.05, 0) is 58.3 Å². The van der Waals surface area contributed by atoms with Crippen molar-refractivity contribution >= 4 is 32.5 Å². The highest BCUT2D eigenvalue weighted by molar-refractivity contribution is 7.91. The number of sulfonamides is 1. The molecule has 0 bridgehead atoms. The lowest BCUT2D eigenvalue weighted by atomic mass is 9.84. The van der Waals surface area contributed by atoms with E-state index in [1.165, 1.54) is 6.42 Å². The zero-order valence-corrected chi connectivity index (χ0v) is 19.2. The Kier molecular flexibility index (Phi) is 7.50. The van der Waals surface area contributed by atoms with Gasteiger partial charge in [0, 0.05) is 18.1 Å². The minimum atomic E-state index is -3.71. The predicted octanol–water partition coefficient (Wildman–Crippen LogP) is 3.97. The van der Waals surface area contributed by atoms with Gasteiger partial charge in [-0.25, -0.2) is 17.9 Å². The second-order valence-electron chi connectivity index (χ2n) is 8.69. The monoisotopic (exact) mass is 443 g/mol. The third-order valence-electron chi connectivity index (χ3n) is 5.82. The van der Waals surface area contributed by atoms with Crippen LogP contribution in [0.5, 0.6) is 0 Å². The number of hydrogen-bond donors (Lipinski definition) is 2. The molecule has 1 aromatic heterocycles. The Morgan fingerprint density at radius 1 is 1.03 bits per heavy atom. The van der Waals surface area contributed by atoms with Gasteiger partial charge in [0.15, 0.2) is 0 Å². The first-order chi connectivity index (χ1) is 13.8. The van der Waals surface area contributed by atoms with Crippen LogP contribution in [-0.4, -0.2) is 47.7 Å². The second kappa shape index (κ2) is 9.70. The zero-order chi connectivity index (χ0) is 21.0. The Morgan fingerprint density at radius 3 is 2.28 bits per heavy atom. The molecule has 0 saturated heterocycles. The van der Waals surface area contributed by atoms with E-state index in [9.17, 15) is 13.2 Å². The van der Waals surface area contributed by atoms with Crippen molar-refractivity contribution in [2.24, 2.45) is 5.92 Å². The van der Waals surface area contributed by atoms with Gasteiger partial charge >= 0.3 is 6.03 Å². The third-order valence-corrected chi connectivity index (χ3v) is 8.69. The molecule has 10 heteroatoms. The van der Waals surface area contributed by atoms with Crippen molar-refractivity contribution in [1.82, 2.24) is 19.8 Å². The Balaban J connectivity index is 1.73. The lowest BCUT2D eigenvalue weighted by molar-refractivity contribution is 0.105. The van der Waals surface area contributed by atoms with Gasteiger partial charge in [-0.1, -0.05) is 37.5 Å². The standard InChI is InChI=1S/C19H33N5O3S2/c1-13(2)23-29(26,27)19-22-21-17(28-19)20-18(25)24(15-7-5-4-6-8-15)16-11-9-14(3)10-12-16/h13-16,23H,4-12H2,1-3H3,(H,20,21,25)/t14-,16-. The van der Waals surface area contributed by atoms with E-state index in [0.717, 1.165) is 62.7 Å². The average molecular weight is 444 g/mol. The van der Waals surface area contributed by atoms with Gasteiger partial charge in [-0.15, -0.1) is 10.2 Å². The highest BCUT2D eigenvalue weighted by Crippen LogP contribution is 2.33. The van der Waals surface area contributed by atoms with E-state index >= 15 is 0 Å². The summed E-state index contributed by atoms with van der Waals surface area (Å²) in [7, 11) is -3.71. The second-order valence-corrected chi connectivity index (χ2v) is 11.6. The zero-order valence-electron chi connectivity index (χ0n) is 17.6. The van der Waals surface area contributed by atoms with E-state index < -0.39 is 10.0 Å². The average Bonchev–Trinajstić information content (AvgIpc) is 3.13. The SMILES string of the molecule is CC(C)NS(=O)(=O)c1nnc(NC(=O)N(C2CCCCC2)[C@H]2CC[C@H](C)CC2)s1. The first-order valence-corrected chi connectivity index (χ1v) is 13.0. The first kappa shape index (κ1) is 22.4. The summed E-state index contributed by atoms with van der Waals surface area (Å²) < 4.78 is 26.9. The smallest absolute Gasteiger partial charge is 0.319 e. The van der Waals surface area contributed by atoms with Crippen molar-refractivity contribution in [2.75, 3.05) is 5.32 Å². The number of aromatic nitrogens is 2. The lowest BCUT2D eigenvalue weighted by Crippen LogP contribution is -2.51. The Morgan fingerprint density at radius 2 is 1.66 bits per heavy atom. The van der Waals surface area contributed by atoms with Gasteiger partial charge in [0.1, 0.15) is 0 Å². The third kappa shape index (κ3) is 5.88. The van der Waals surface area contributed by atoms with Crippen LogP contribution in [0.1, 0.15) is 78.6 Å². The van der Waals surface area contributed by atoms with E-state index in [2.05, 4.69) is 27.2 Å². The maximum absolute atomic E-state index is 13.2. The van der Waals surface area contributed by atoms with Crippen LogP contribution < -0.4 is 10.0 Å². The molecule has 2 N–H and O–H groups in total. The molecule has 1 aromatic rings. The fourth-order valence-electron chi connectivity index (χ4n) is 4.40. The van der Waals surface area contributed by atoms with Crippen LogP contribution in [-0.2, 0) is 10.0 Å². The molecular weight excluding hydrogens is 410 g/mol. The van der Waals surface area contributed by atoms with Crippen molar-refractivity contribution in [3.8, 4) is 0 Å². The molecule has 2 fully saturated rings. The van der Waals surface area contributed by atoms with Gasteiger partial charge < -0.3 is 4.90 Å². The van der Waals surface area contributed by atoms with Crippen molar-refractivity contribution in [1.29, 1.82) is 0 Å². The molecule has 2 amide bonds. The van der Waals surface area contributed by atoms with Crippen LogP contribution >= 0.6 is 11.3 Å². The fourth-order valence-corrected chi connectivity index (χ4v) is 6.55. The summed E-state index contributed by atoms with van der Waals surface area (Å²) in [4.78, 5) is 15.3. The molecule has 29 heavy (non-hydrogen) atoms. The number of anilines is 1. The molecule has 0 spiro atoms. The molecule has 8 nitrogen and oxygen atoms in total. The van der Waals surface area contributed by atoms with Gasteiger partial charge in [0.05, 0.1) is 0 Å². The quantitative estimate of drug-likeness (QED) is 0.647. The lowest BCUT2D eigenvalue weighted by Gasteiger charge is -2.42. The number of nitrogens with one attached hydrogen (secondary N) is 2. The number of carbonyl (C=O) groups excluding carboxylic acids is 1. The van der Waals surface area contributed by atoms with Crippen LogP contribution in [0.3, 0.4) is 0 Å². The maximum Gasteiger partial charge on any atom is 0.324 e. The largest absolute Gasteiger partial charge is 0.324 e. The first-order valence-electron chi connectivity index (χ1n) is 10.7. The topological polar surface area (TPSA) is 104 Å². The van der Waals surface area contributed by atoms with Crippen molar-refractivity contribution < 1.29 is 13.2 Å². The summed E-state index contributed by atoms with van der Waals surface area (Å²) in [6.07, 6.45) is 9.94. The molecule has 0 aliphatic heterocycles. The summed E-state index contributed by atoms with van der Waals surface area (Å²) in [6, 6.07) is 0.0831. The maximum atomic E-state index is 13.2. The van der Waals surface area contributed by atoms with E-state index in [4.69, 9.17) is 0 Å². The molecular formula is C19H33N5O3S2. The molecule has 164 valence electrons. The Hall–Kier alpha value is -1.26. The van der Waals surface area contributed by atoms with E-state index in [1.807, 2.05) is 4.90 Å². The Bertz CT molecular complexity index is 782. The molecule has 2 aliphatic rings. The van der Waals surface area contributed by atoms with Crippen molar-refractivity contribution in [3.63, 3.8) is 0 Å². The van der Waals surface area contributed by atoms with Crippen molar-refractivity contribution in [3.05, 3.63) is 0 Å². The number of hydrogen-bond acceptors (Lipinski definition) is 6. The molecule has 2 saturated carbocycles. The normalized spacial score (nSPS) is 23.9. The number of amides is 2. The van der Waals surface area contributed by atoms with Gasteiger partial charge in [-0.3, -0.25) is 5.32 Å². The summed E-state index contributed by atoms with van der Waals surface area (Å²) in [5, 5.41) is 10.7. The highest BCUT2D eigenvalue weighted by Gasteiger charge is 2.34. The van der Waals surface area contributed by atoms with E-state index in [-0.39, 0.29) is 33.6 Å². The van der Waals surface area contributed by atoms with Crippen molar-refractivity contribution in [2.45, 2.75) is 101 Å². The summed E-state index contributed by atoms with van der Waals surface area (Å²) in [5.74, 6) is 0.715.